The van der Waals surface area contributed by atoms with Gasteiger partial charge in [0.05, 0.1) is 17.7 Å². The van der Waals surface area contributed by atoms with Gasteiger partial charge >= 0.3 is 0 Å². The molecule has 0 aromatic heterocycles. The number of carbonyl (C=O) groups is 2. The van der Waals surface area contributed by atoms with E-state index in [4.69, 9.17) is 4.84 Å². The lowest BCUT2D eigenvalue weighted by atomic mass is 10.1. The number of unbranched alkanes of at least 4 members (excludes halogenated alkanes) is 7. The molecule has 0 bridgehead atoms. The maximum atomic E-state index is 12.1. The molecule has 124 valence electrons. The number of imide groups is 1. The largest absolute Gasteiger partial charge is 0.285 e. The van der Waals surface area contributed by atoms with Crippen molar-refractivity contribution >= 4 is 11.8 Å². The quantitative estimate of drug-likeness (QED) is 0.342. The molecule has 0 aliphatic carbocycles. The van der Waals surface area contributed by atoms with E-state index in [2.05, 4.69) is 6.58 Å². The molecular weight excluding hydrogens is 290 g/mol. The number of allylic oxidation sites excluding steroid dienone is 1. The van der Waals surface area contributed by atoms with Crippen molar-refractivity contribution in [2.75, 3.05) is 6.61 Å². The maximum absolute atomic E-state index is 12.1. The summed E-state index contributed by atoms with van der Waals surface area (Å²) in [5, 5.41) is 0.903. The SMILES string of the molecule is C=CCCCCCCCCCON1C(=O)c2ccccc2C1=O. The predicted octanol–water partition coefficient (Wildman–Crippen LogP) is 4.52. The highest BCUT2D eigenvalue weighted by atomic mass is 16.7. The fourth-order valence-corrected chi connectivity index (χ4v) is 2.71. The minimum atomic E-state index is -0.354. The van der Waals surface area contributed by atoms with E-state index in [-0.39, 0.29) is 11.8 Å². The van der Waals surface area contributed by atoms with E-state index in [1.807, 2.05) is 6.08 Å². The molecule has 0 spiro atoms. The number of benzene rings is 1. The van der Waals surface area contributed by atoms with Crippen LogP contribution in [-0.4, -0.2) is 23.5 Å². The molecule has 4 nitrogen and oxygen atoms in total. The van der Waals surface area contributed by atoms with E-state index in [0.29, 0.717) is 17.7 Å². The van der Waals surface area contributed by atoms with Crippen LogP contribution in [-0.2, 0) is 4.84 Å². The summed E-state index contributed by atoms with van der Waals surface area (Å²) in [6, 6.07) is 6.82. The normalized spacial score (nSPS) is 13.5. The van der Waals surface area contributed by atoms with E-state index in [0.717, 1.165) is 24.3 Å². The summed E-state index contributed by atoms with van der Waals surface area (Å²) in [6.45, 7) is 4.12. The smallest absolute Gasteiger partial charge is 0.266 e. The Bertz CT molecular complexity index is 518. The first-order valence-electron chi connectivity index (χ1n) is 8.47. The van der Waals surface area contributed by atoms with E-state index >= 15 is 0 Å². The topological polar surface area (TPSA) is 46.6 Å². The Hall–Kier alpha value is -1.94. The third-order valence-corrected chi connectivity index (χ3v) is 4.03. The molecule has 0 N–H and O–H groups in total. The molecule has 1 aliphatic heterocycles. The Morgan fingerprint density at radius 1 is 0.870 bits per heavy atom. The highest BCUT2D eigenvalue weighted by Crippen LogP contribution is 2.22. The van der Waals surface area contributed by atoms with E-state index in [9.17, 15) is 9.59 Å². The van der Waals surface area contributed by atoms with Gasteiger partial charge in [0.1, 0.15) is 0 Å². The van der Waals surface area contributed by atoms with Crippen molar-refractivity contribution in [2.24, 2.45) is 0 Å². The number of hydrogen-bond donors (Lipinski definition) is 0. The molecular formula is C19H25NO3. The Morgan fingerprint density at radius 2 is 1.39 bits per heavy atom. The van der Waals surface area contributed by atoms with Crippen LogP contribution in [0.3, 0.4) is 0 Å². The van der Waals surface area contributed by atoms with E-state index < -0.39 is 0 Å². The van der Waals surface area contributed by atoms with Gasteiger partial charge in [-0.25, -0.2) is 0 Å². The molecule has 0 saturated carbocycles. The highest BCUT2D eigenvalue weighted by molar-refractivity contribution is 6.20. The van der Waals surface area contributed by atoms with Crippen LogP contribution < -0.4 is 0 Å². The van der Waals surface area contributed by atoms with Crippen LogP contribution in [0.15, 0.2) is 36.9 Å². The van der Waals surface area contributed by atoms with Gasteiger partial charge in [0.25, 0.3) is 11.8 Å². The van der Waals surface area contributed by atoms with Crippen LogP contribution in [0.4, 0.5) is 0 Å². The summed E-state index contributed by atoms with van der Waals surface area (Å²) >= 11 is 0. The molecule has 1 aromatic rings. The van der Waals surface area contributed by atoms with Gasteiger partial charge in [-0.15, -0.1) is 11.6 Å². The van der Waals surface area contributed by atoms with Gasteiger partial charge in [-0.2, -0.15) is 0 Å². The Labute approximate surface area is 138 Å². The zero-order chi connectivity index (χ0) is 16.5. The number of fused-ring (bicyclic) bond motifs is 1. The van der Waals surface area contributed by atoms with Crippen LogP contribution in [0.2, 0.25) is 0 Å². The average Bonchev–Trinajstić information content (AvgIpc) is 2.81. The third kappa shape index (κ3) is 4.76. The summed E-state index contributed by atoms with van der Waals surface area (Å²) in [6.07, 6.45) is 11.1. The van der Waals surface area contributed by atoms with Crippen LogP contribution in [0.5, 0.6) is 0 Å². The number of nitrogens with zero attached hydrogens (tertiary/aromatic N) is 1. The van der Waals surface area contributed by atoms with Gasteiger partial charge in [-0.3, -0.25) is 14.4 Å². The molecule has 2 amide bonds. The first-order chi connectivity index (χ1) is 11.3. The lowest BCUT2D eigenvalue weighted by Crippen LogP contribution is -2.30. The number of rotatable bonds is 11. The molecule has 0 fully saturated rings. The maximum Gasteiger partial charge on any atom is 0.285 e. The van der Waals surface area contributed by atoms with Crippen molar-refractivity contribution in [2.45, 2.75) is 51.4 Å². The molecule has 23 heavy (non-hydrogen) atoms. The van der Waals surface area contributed by atoms with E-state index in [1.165, 1.54) is 32.1 Å². The third-order valence-electron chi connectivity index (χ3n) is 4.03. The molecule has 1 aromatic carbocycles. The molecule has 1 heterocycles. The minimum Gasteiger partial charge on any atom is -0.266 e. The second-order valence-electron chi connectivity index (χ2n) is 5.84. The summed E-state index contributed by atoms with van der Waals surface area (Å²) in [7, 11) is 0. The van der Waals surface area contributed by atoms with Gasteiger partial charge in [0.15, 0.2) is 0 Å². The van der Waals surface area contributed by atoms with Gasteiger partial charge < -0.3 is 0 Å². The summed E-state index contributed by atoms with van der Waals surface area (Å²) < 4.78 is 0. The van der Waals surface area contributed by atoms with Crippen molar-refractivity contribution in [3.05, 3.63) is 48.0 Å². The van der Waals surface area contributed by atoms with Crippen LogP contribution >= 0.6 is 0 Å². The Kier molecular flexibility index (Phi) is 7.01. The number of amides is 2. The van der Waals surface area contributed by atoms with Gasteiger partial charge in [0, 0.05) is 0 Å². The van der Waals surface area contributed by atoms with Crippen molar-refractivity contribution in [3.8, 4) is 0 Å². The lowest BCUT2D eigenvalue weighted by molar-refractivity contribution is -0.0922. The first kappa shape index (κ1) is 17.4. The number of carbonyl (C=O) groups excluding carboxylic acids is 2. The molecule has 0 radical (unpaired) electrons. The summed E-state index contributed by atoms with van der Waals surface area (Å²) in [5.41, 5.74) is 0.856. The predicted molar refractivity (Wildman–Crippen MR) is 90.0 cm³/mol. The monoisotopic (exact) mass is 315 g/mol. The average molecular weight is 315 g/mol. The Morgan fingerprint density at radius 3 is 1.96 bits per heavy atom. The van der Waals surface area contributed by atoms with Crippen molar-refractivity contribution in [1.29, 1.82) is 0 Å². The van der Waals surface area contributed by atoms with Crippen LogP contribution in [0.1, 0.15) is 72.1 Å². The molecule has 2 rings (SSSR count). The summed E-state index contributed by atoms with van der Waals surface area (Å²) in [4.78, 5) is 29.5. The zero-order valence-electron chi connectivity index (χ0n) is 13.6. The molecule has 0 atom stereocenters. The summed E-state index contributed by atoms with van der Waals surface area (Å²) in [5.74, 6) is -0.708. The fourth-order valence-electron chi connectivity index (χ4n) is 2.71. The Balaban J connectivity index is 1.58. The molecule has 1 aliphatic rings. The fraction of sp³-hybridized carbons (Fsp3) is 0.474. The van der Waals surface area contributed by atoms with Crippen molar-refractivity contribution < 1.29 is 14.4 Å². The first-order valence-corrected chi connectivity index (χ1v) is 8.47. The second kappa shape index (κ2) is 9.26. The minimum absolute atomic E-state index is 0.354. The van der Waals surface area contributed by atoms with Crippen molar-refractivity contribution in [3.63, 3.8) is 0 Å². The number of hydrogen-bond acceptors (Lipinski definition) is 3. The zero-order valence-corrected chi connectivity index (χ0v) is 13.6. The number of hydroxylamine groups is 2. The van der Waals surface area contributed by atoms with Gasteiger partial charge in [-0.05, 0) is 31.4 Å². The van der Waals surface area contributed by atoms with E-state index in [1.54, 1.807) is 24.3 Å². The molecule has 4 heteroatoms. The molecule has 0 saturated heterocycles. The van der Waals surface area contributed by atoms with Crippen molar-refractivity contribution in [1.82, 2.24) is 5.06 Å². The standard InChI is InChI=1S/C19H25NO3/c1-2-3-4-5-6-7-8-9-12-15-23-20-18(21)16-13-10-11-14-17(16)19(20)22/h2,10-11,13-14H,1,3-9,12,15H2. The van der Waals surface area contributed by atoms with Crippen LogP contribution in [0.25, 0.3) is 0 Å². The molecule has 0 unspecified atom stereocenters. The van der Waals surface area contributed by atoms with Gasteiger partial charge in [-0.1, -0.05) is 50.3 Å². The van der Waals surface area contributed by atoms with Crippen LogP contribution in [0, 0.1) is 0 Å². The lowest BCUT2D eigenvalue weighted by Gasteiger charge is -2.13. The second-order valence-corrected chi connectivity index (χ2v) is 5.84. The van der Waals surface area contributed by atoms with Gasteiger partial charge in [0.2, 0.25) is 0 Å². The highest BCUT2D eigenvalue weighted by Gasteiger charge is 2.36.